The first-order valence-corrected chi connectivity index (χ1v) is 4.39. The lowest BCUT2D eigenvalue weighted by molar-refractivity contribution is 0.860. The molecule has 0 spiro atoms. The fourth-order valence-electron chi connectivity index (χ4n) is 0.928. The Morgan fingerprint density at radius 3 is 1.79 bits per heavy atom. The molecule has 0 fully saturated rings. The minimum atomic E-state index is 0.0347. The van der Waals surface area contributed by atoms with Gasteiger partial charge in [-0.15, -0.1) is 0 Å². The summed E-state index contributed by atoms with van der Waals surface area (Å²) in [5.41, 5.74) is 0.0347. The maximum Gasteiger partial charge on any atom is 0.250 e. The van der Waals surface area contributed by atoms with Crippen molar-refractivity contribution in [3.05, 3.63) is 59.3 Å². The summed E-state index contributed by atoms with van der Waals surface area (Å²) in [4.78, 5) is 10.6. The molecular weight excluding hydrogens is 176 g/mol. The van der Waals surface area contributed by atoms with E-state index in [1.165, 1.54) is 10.6 Å². The van der Waals surface area contributed by atoms with Crippen LogP contribution in [-0.4, -0.2) is 9.13 Å². The van der Waals surface area contributed by atoms with Crippen LogP contribution in [0.3, 0.4) is 0 Å². The van der Waals surface area contributed by atoms with Crippen molar-refractivity contribution in [1.29, 1.82) is 0 Å². The van der Waals surface area contributed by atoms with Gasteiger partial charge in [-0.1, -0.05) is 6.07 Å². The van der Waals surface area contributed by atoms with E-state index in [0.29, 0.717) is 0 Å². The smallest absolute Gasteiger partial charge is 0.250 e. The van der Waals surface area contributed by atoms with Gasteiger partial charge in [0.25, 0.3) is 0 Å². The van der Waals surface area contributed by atoms with Crippen molar-refractivity contribution >= 4 is 0 Å². The predicted octanol–water partition coefficient (Wildman–Crippen LogP) is 1.41. The molecule has 0 atom stereocenters. The molecule has 0 unspecified atom stereocenters. The monoisotopic (exact) mass is 190 g/mol. The summed E-state index contributed by atoms with van der Waals surface area (Å²) in [7, 11) is 3.72. The van der Waals surface area contributed by atoms with Gasteiger partial charge in [-0.05, 0) is 18.2 Å². The van der Waals surface area contributed by atoms with E-state index in [1.54, 1.807) is 19.3 Å². The van der Waals surface area contributed by atoms with Crippen LogP contribution in [0.15, 0.2) is 53.7 Å². The van der Waals surface area contributed by atoms with E-state index < -0.39 is 0 Å². The molecule has 2 rings (SSSR count). The zero-order chi connectivity index (χ0) is 10.4. The Bertz CT molecular complexity index is 415. The van der Waals surface area contributed by atoms with Crippen molar-refractivity contribution < 1.29 is 0 Å². The zero-order valence-corrected chi connectivity index (χ0v) is 8.42. The number of pyridine rings is 1. The number of aryl methyl sites for hydroxylation is 2. The average Bonchev–Trinajstić information content (AvgIpc) is 2.63. The Labute approximate surface area is 83.2 Å². The Morgan fingerprint density at radius 1 is 0.929 bits per heavy atom. The summed E-state index contributed by atoms with van der Waals surface area (Å²) in [6, 6.07) is 9.07. The summed E-state index contributed by atoms with van der Waals surface area (Å²) in [6.45, 7) is 0. The summed E-state index contributed by atoms with van der Waals surface area (Å²) < 4.78 is 3.53. The van der Waals surface area contributed by atoms with Crippen molar-refractivity contribution in [3.8, 4) is 0 Å². The van der Waals surface area contributed by atoms with Gasteiger partial charge >= 0.3 is 0 Å². The van der Waals surface area contributed by atoms with Crippen LogP contribution in [-0.2, 0) is 14.1 Å². The van der Waals surface area contributed by atoms with E-state index in [2.05, 4.69) is 0 Å². The lowest BCUT2D eigenvalue weighted by Gasteiger charge is -1.89. The third-order valence-electron chi connectivity index (χ3n) is 1.76. The van der Waals surface area contributed by atoms with Gasteiger partial charge < -0.3 is 9.13 Å². The van der Waals surface area contributed by atoms with Gasteiger partial charge in [0, 0.05) is 38.8 Å². The number of hydrogen-bond acceptors (Lipinski definition) is 1. The molecule has 0 saturated carbocycles. The summed E-state index contributed by atoms with van der Waals surface area (Å²) >= 11 is 0. The third kappa shape index (κ3) is 3.31. The number of hydrogen-bond donors (Lipinski definition) is 0. The van der Waals surface area contributed by atoms with Gasteiger partial charge in [0.15, 0.2) is 0 Å². The molecule has 3 nitrogen and oxygen atoms in total. The molecule has 0 aliphatic rings. The Morgan fingerprint density at radius 2 is 1.50 bits per heavy atom. The maximum atomic E-state index is 10.6. The first-order valence-electron chi connectivity index (χ1n) is 4.39. The first-order chi connectivity index (χ1) is 6.70. The van der Waals surface area contributed by atoms with Gasteiger partial charge in [-0.25, -0.2) is 0 Å². The molecule has 2 heterocycles. The number of aromatic nitrogens is 2. The molecule has 0 aliphatic heterocycles. The Balaban J connectivity index is 0.000000146. The molecule has 0 aromatic carbocycles. The molecule has 0 saturated heterocycles. The summed E-state index contributed by atoms with van der Waals surface area (Å²) in [5.74, 6) is 0. The van der Waals surface area contributed by atoms with Crippen LogP contribution in [0.5, 0.6) is 0 Å². The van der Waals surface area contributed by atoms with Gasteiger partial charge in [-0.2, -0.15) is 0 Å². The van der Waals surface area contributed by atoms with E-state index in [0.717, 1.165) is 0 Å². The van der Waals surface area contributed by atoms with Crippen LogP contribution in [0.25, 0.3) is 0 Å². The van der Waals surface area contributed by atoms with E-state index in [1.807, 2.05) is 42.2 Å². The van der Waals surface area contributed by atoms with E-state index in [-0.39, 0.29) is 5.56 Å². The van der Waals surface area contributed by atoms with Crippen LogP contribution < -0.4 is 5.56 Å². The van der Waals surface area contributed by atoms with Gasteiger partial charge in [0.1, 0.15) is 0 Å². The summed E-state index contributed by atoms with van der Waals surface area (Å²) in [5, 5.41) is 0. The van der Waals surface area contributed by atoms with E-state index in [9.17, 15) is 4.79 Å². The Hall–Kier alpha value is -1.77. The molecule has 2 aromatic heterocycles. The molecule has 74 valence electrons. The molecular formula is C11H14N2O. The SMILES string of the molecule is Cn1cccc1.Cn1ccccc1=O. The quantitative estimate of drug-likeness (QED) is 0.617. The lowest BCUT2D eigenvalue weighted by Crippen LogP contribution is -2.12. The molecule has 0 aliphatic carbocycles. The normalized spacial score (nSPS) is 9.00. The fraction of sp³-hybridized carbons (Fsp3) is 0.182. The van der Waals surface area contributed by atoms with Crippen LogP contribution in [0, 0.1) is 0 Å². The molecule has 0 bridgehead atoms. The second kappa shape index (κ2) is 5.07. The summed E-state index contributed by atoms with van der Waals surface area (Å²) in [6.07, 6.45) is 5.72. The van der Waals surface area contributed by atoms with Crippen molar-refractivity contribution in [2.75, 3.05) is 0 Å². The van der Waals surface area contributed by atoms with Crippen LogP contribution in [0.1, 0.15) is 0 Å². The maximum absolute atomic E-state index is 10.6. The predicted molar refractivity (Wildman–Crippen MR) is 57.1 cm³/mol. The molecule has 3 heteroatoms. The second-order valence-electron chi connectivity index (χ2n) is 3.00. The highest BCUT2D eigenvalue weighted by Crippen LogP contribution is 1.80. The largest absolute Gasteiger partial charge is 0.357 e. The fourth-order valence-corrected chi connectivity index (χ4v) is 0.928. The van der Waals surface area contributed by atoms with Crippen molar-refractivity contribution in [3.63, 3.8) is 0 Å². The highest BCUT2D eigenvalue weighted by atomic mass is 16.1. The standard InChI is InChI=1S/C6H7NO.C5H7N/c1-7-5-3-2-4-6(7)8;1-6-4-2-3-5-6/h2-5H,1H3;2-5H,1H3. The number of nitrogens with zero attached hydrogens (tertiary/aromatic N) is 2. The highest BCUT2D eigenvalue weighted by molar-refractivity contribution is 4.91. The van der Waals surface area contributed by atoms with Crippen LogP contribution >= 0.6 is 0 Å². The molecule has 0 radical (unpaired) electrons. The van der Waals surface area contributed by atoms with Gasteiger partial charge in [0.05, 0.1) is 0 Å². The van der Waals surface area contributed by atoms with Crippen molar-refractivity contribution in [2.45, 2.75) is 0 Å². The van der Waals surface area contributed by atoms with Crippen LogP contribution in [0.4, 0.5) is 0 Å². The van der Waals surface area contributed by atoms with E-state index >= 15 is 0 Å². The van der Waals surface area contributed by atoms with Crippen molar-refractivity contribution in [1.82, 2.24) is 9.13 Å². The molecule has 2 aromatic rings. The first kappa shape index (κ1) is 10.3. The average molecular weight is 190 g/mol. The topological polar surface area (TPSA) is 26.9 Å². The number of rotatable bonds is 0. The zero-order valence-electron chi connectivity index (χ0n) is 8.42. The molecule has 14 heavy (non-hydrogen) atoms. The molecule has 0 N–H and O–H groups in total. The van der Waals surface area contributed by atoms with E-state index in [4.69, 9.17) is 0 Å². The second-order valence-corrected chi connectivity index (χ2v) is 3.00. The molecule has 0 amide bonds. The van der Waals surface area contributed by atoms with Gasteiger partial charge in [-0.3, -0.25) is 4.79 Å². The minimum Gasteiger partial charge on any atom is -0.357 e. The van der Waals surface area contributed by atoms with Gasteiger partial charge in [0.2, 0.25) is 5.56 Å². The third-order valence-corrected chi connectivity index (χ3v) is 1.76. The lowest BCUT2D eigenvalue weighted by atomic mass is 10.5. The van der Waals surface area contributed by atoms with Crippen molar-refractivity contribution in [2.24, 2.45) is 14.1 Å². The minimum absolute atomic E-state index is 0.0347. The Kier molecular flexibility index (Phi) is 3.73. The van der Waals surface area contributed by atoms with Crippen LogP contribution in [0.2, 0.25) is 0 Å². The highest BCUT2D eigenvalue weighted by Gasteiger charge is 1.79.